The molecule has 0 atom stereocenters. The van der Waals surface area contributed by atoms with Gasteiger partial charge >= 0.3 is 6.18 Å². The van der Waals surface area contributed by atoms with Crippen molar-refractivity contribution in [2.45, 2.75) is 37.1 Å². The quantitative estimate of drug-likeness (QED) is 0.719. The number of nitrogens with zero attached hydrogens (tertiary/aromatic N) is 2. The Morgan fingerprint density at radius 3 is 2.54 bits per heavy atom. The van der Waals surface area contributed by atoms with Gasteiger partial charge in [-0.2, -0.15) is 17.5 Å². The first-order valence-corrected chi connectivity index (χ1v) is 9.60. The van der Waals surface area contributed by atoms with Crippen LogP contribution in [0.3, 0.4) is 0 Å². The Labute approximate surface area is 142 Å². The van der Waals surface area contributed by atoms with Gasteiger partial charge in [-0.1, -0.05) is 25.4 Å². The summed E-state index contributed by atoms with van der Waals surface area (Å²) in [7, 11) is -3.66. The molecule has 0 saturated carbocycles. The molecule has 0 aliphatic heterocycles. The summed E-state index contributed by atoms with van der Waals surface area (Å²) < 4.78 is 68.5. The molecule has 5 nitrogen and oxygen atoms in total. The van der Waals surface area contributed by atoms with Crippen LogP contribution in [0.25, 0.3) is 10.6 Å². The highest BCUT2D eigenvalue weighted by molar-refractivity contribution is 7.91. The van der Waals surface area contributed by atoms with Gasteiger partial charge in [-0.05, 0) is 18.6 Å². The first-order chi connectivity index (χ1) is 11.2. The maximum absolute atomic E-state index is 12.6. The number of rotatable bonds is 7. The topological polar surface area (TPSA) is 63.4 Å². The Bertz CT molecular complexity index is 781. The number of hydrogen-bond acceptors (Lipinski definition) is 5. The van der Waals surface area contributed by atoms with E-state index < -0.39 is 22.0 Å². The number of halogens is 3. The van der Waals surface area contributed by atoms with Crippen LogP contribution < -0.4 is 0 Å². The summed E-state index contributed by atoms with van der Waals surface area (Å²) in [5, 5.41) is 3.37. The lowest BCUT2D eigenvalue weighted by molar-refractivity contribution is -0.155. The minimum absolute atomic E-state index is 0.0367. The monoisotopic (exact) mass is 382 g/mol. The summed E-state index contributed by atoms with van der Waals surface area (Å²) in [4.78, 5) is 0.305. The van der Waals surface area contributed by atoms with Gasteiger partial charge < -0.3 is 4.52 Å². The van der Waals surface area contributed by atoms with Crippen LogP contribution in [-0.2, 0) is 16.2 Å². The van der Waals surface area contributed by atoms with Crippen LogP contribution in [0, 0.1) is 0 Å². The lowest BCUT2D eigenvalue weighted by atomic mass is 10.3. The summed E-state index contributed by atoms with van der Waals surface area (Å²) in [5.41, 5.74) is -0.0367. The fourth-order valence-electron chi connectivity index (χ4n) is 2.03. The third-order valence-corrected chi connectivity index (χ3v) is 6.88. The van der Waals surface area contributed by atoms with Crippen LogP contribution in [0.5, 0.6) is 0 Å². The van der Waals surface area contributed by atoms with E-state index in [1.54, 1.807) is 6.92 Å². The van der Waals surface area contributed by atoms with Crippen LogP contribution in [0.1, 0.15) is 32.4 Å². The Balaban J connectivity index is 2.28. The molecule has 0 amide bonds. The van der Waals surface area contributed by atoms with Crippen molar-refractivity contribution in [3.63, 3.8) is 0 Å². The van der Waals surface area contributed by atoms with Gasteiger partial charge in [-0.15, -0.1) is 11.3 Å². The molecule has 0 aromatic carbocycles. The maximum atomic E-state index is 12.6. The third-order valence-electron chi connectivity index (χ3n) is 3.33. The Morgan fingerprint density at radius 1 is 1.29 bits per heavy atom. The Hall–Kier alpha value is -1.39. The van der Waals surface area contributed by atoms with Crippen molar-refractivity contribution in [1.82, 2.24) is 9.46 Å². The fourth-order valence-corrected chi connectivity index (χ4v) is 4.93. The lowest BCUT2D eigenvalue weighted by Gasteiger charge is -2.18. The van der Waals surface area contributed by atoms with Gasteiger partial charge in [-0.3, -0.25) is 0 Å². The minimum atomic E-state index is -4.63. The van der Waals surface area contributed by atoms with E-state index in [2.05, 4.69) is 9.68 Å². The molecule has 24 heavy (non-hydrogen) atoms. The van der Waals surface area contributed by atoms with Crippen molar-refractivity contribution in [1.29, 1.82) is 0 Å². The SMILES string of the molecule is CCCCN(CC)S(=O)(=O)c1ccc(-c2cc(C(F)(F)F)on2)s1. The number of thiophene rings is 1. The average molecular weight is 382 g/mol. The molecule has 2 aromatic rings. The molecule has 0 radical (unpaired) electrons. The molecule has 10 heteroatoms. The first kappa shape index (κ1) is 18.9. The van der Waals surface area contributed by atoms with E-state index in [1.807, 2.05) is 6.92 Å². The van der Waals surface area contributed by atoms with E-state index in [4.69, 9.17) is 0 Å². The van der Waals surface area contributed by atoms with E-state index in [9.17, 15) is 21.6 Å². The van der Waals surface area contributed by atoms with Crippen LogP contribution in [0.4, 0.5) is 13.2 Å². The summed E-state index contributed by atoms with van der Waals surface area (Å²) in [5.74, 6) is -1.21. The lowest BCUT2D eigenvalue weighted by Crippen LogP contribution is -2.31. The number of hydrogen-bond donors (Lipinski definition) is 0. The molecule has 0 N–H and O–H groups in total. The van der Waals surface area contributed by atoms with Crippen LogP contribution >= 0.6 is 11.3 Å². The van der Waals surface area contributed by atoms with E-state index in [1.165, 1.54) is 16.4 Å². The summed E-state index contributed by atoms with van der Waals surface area (Å²) in [6.07, 6.45) is -3.03. The Kier molecular flexibility index (Phi) is 5.71. The van der Waals surface area contributed by atoms with Crippen LogP contribution in [0.2, 0.25) is 0 Å². The number of sulfonamides is 1. The second kappa shape index (κ2) is 7.24. The molecule has 0 saturated heterocycles. The van der Waals surface area contributed by atoms with Crippen LogP contribution in [-0.4, -0.2) is 31.0 Å². The molecule has 0 fully saturated rings. The molecule has 0 bridgehead atoms. The third kappa shape index (κ3) is 3.98. The number of aromatic nitrogens is 1. The maximum Gasteiger partial charge on any atom is 0.452 e. The minimum Gasteiger partial charge on any atom is -0.351 e. The largest absolute Gasteiger partial charge is 0.452 e. The second-order valence-corrected chi connectivity index (χ2v) is 8.29. The molecule has 134 valence electrons. The normalized spacial score (nSPS) is 12.9. The molecular weight excluding hydrogens is 365 g/mol. The summed E-state index contributed by atoms with van der Waals surface area (Å²) in [6.45, 7) is 4.45. The van der Waals surface area contributed by atoms with Crippen molar-refractivity contribution >= 4 is 21.4 Å². The van der Waals surface area contributed by atoms with Gasteiger partial charge in [0.05, 0.1) is 4.88 Å². The van der Waals surface area contributed by atoms with Crippen molar-refractivity contribution in [2.75, 3.05) is 13.1 Å². The van der Waals surface area contributed by atoms with Gasteiger partial charge in [-0.25, -0.2) is 8.42 Å². The van der Waals surface area contributed by atoms with Crippen molar-refractivity contribution in [3.05, 3.63) is 24.0 Å². The van der Waals surface area contributed by atoms with E-state index in [0.717, 1.165) is 30.2 Å². The predicted octanol–water partition coefficient (Wildman–Crippen LogP) is 4.23. The number of unbranched alkanes of at least 4 members (excludes halogenated alkanes) is 1. The van der Waals surface area contributed by atoms with Gasteiger partial charge in [0.1, 0.15) is 9.90 Å². The molecule has 2 aromatic heterocycles. The summed E-state index contributed by atoms with van der Waals surface area (Å²) in [6, 6.07) is 3.58. The van der Waals surface area contributed by atoms with Crippen molar-refractivity contribution < 1.29 is 26.1 Å². The van der Waals surface area contributed by atoms with Crippen LogP contribution in [0.15, 0.2) is 26.9 Å². The zero-order valence-corrected chi connectivity index (χ0v) is 14.8. The van der Waals surface area contributed by atoms with Gasteiger partial charge in [0, 0.05) is 19.2 Å². The Morgan fingerprint density at radius 2 is 2.00 bits per heavy atom. The van der Waals surface area contributed by atoms with Gasteiger partial charge in [0.2, 0.25) is 5.76 Å². The molecule has 0 spiro atoms. The molecule has 2 heterocycles. The molecule has 0 aliphatic carbocycles. The van der Waals surface area contributed by atoms with Crippen molar-refractivity contribution in [3.8, 4) is 10.6 Å². The highest BCUT2D eigenvalue weighted by Crippen LogP contribution is 2.36. The van der Waals surface area contributed by atoms with Crippen molar-refractivity contribution in [2.24, 2.45) is 0 Å². The first-order valence-electron chi connectivity index (χ1n) is 7.34. The zero-order chi connectivity index (χ0) is 18.0. The zero-order valence-electron chi connectivity index (χ0n) is 13.1. The highest BCUT2D eigenvalue weighted by atomic mass is 32.2. The molecule has 2 rings (SSSR count). The average Bonchev–Trinajstić information content (AvgIpc) is 3.16. The van der Waals surface area contributed by atoms with Gasteiger partial charge in [0.15, 0.2) is 0 Å². The van der Waals surface area contributed by atoms with E-state index in [-0.39, 0.29) is 9.90 Å². The molecule has 0 unspecified atom stereocenters. The van der Waals surface area contributed by atoms with Gasteiger partial charge in [0.25, 0.3) is 10.0 Å². The smallest absolute Gasteiger partial charge is 0.351 e. The molecular formula is C14H17F3N2O3S2. The highest BCUT2D eigenvalue weighted by Gasteiger charge is 2.36. The van der Waals surface area contributed by atoms with E-state index in [0.29, 0.717) is 18.0 Å². The predicted molar refractivity (Wildman–Crippen MR) is 84.2 cm³/mol. The standard InChI is InChI=1S/C14H17F3N2O3S2/c1-3-5-8-19(4-2)24(20,21)13-7-6-11(23-13)10-9-12(22-18-10)14(15,16)17/h6-7,9H,3-5,8H2,1-2H3. The summed E-state index contributed by atoms with van der Waals surface area (Å²) >= 11 is 0.875. The fraction of sp³-hybridized carbons (Fsp3) is 0.500. The van der Waals surface area contributed by atoms with E-state index >= 15 is 0 Å². The second-order valence-electron chi connectivity index (χ2n) is 5.04. The molecule has 0 aliphatic rings. The number of alkyl halides is 3.